The SMILES string of the molecule is COc1cccc(Cn2ncnc2CO)c1F. The van der Waals surface area contributed by atoms with Crippen LogP contribution in [0.15, 0.2) is 24.5 Å². The van der Waals surface area contributed by atoms with E-state index >= 15 is 0 Å². The van der Waals surface area contributed by atoms with Gasteiger partial charge in [0.05, 0.1) is 13.7 Å². The average molecular weight is 237 g/mol. The number of aliphatic hydroxyl groups excluding tert-OH is 1. The standard InChI is InChI=1S/C11H12FN3O2/c1-17-9-4-2-3-8(11(9)12)5-15-10(6-16)13-7-14-15/h2-4,7,16H,5-6H2,1H3. The number of hydrogen-bond donors (Lipinski definition) is 1. The van der Waals surface area contributed by atoms with Gasteiger partial charge >= 0.3 is 0 Å². The van der Waals surface area contributed by atoms with Crippen LogP contribution in [0.1, 0.15) is 11.4 Å². The predicted octanol–water partition coefficient (Wildman–Crippen LogP) is 0.966. The van der Waals surface area contributed by atoms with Gasteiger partial charge in [0.25, 0.3) is 0 Å². The quantitative estimate of drug-likeness (QED) is 0.860. The van der Waals surface area contributed by atoms with Gasteiger partial charge in [-0.15, -0.1) is 0 Å². The van der Waals surface area contributed by atoms with Crippen LogP contribution in [0.2, 0.25) is 0 Å². The Kier molecular flexibility index (Phi) is 3.34. The van der Waals surface area contributed by atoms with Gasteiger partial charge in [-0.1, -0.05) is 12.1 Å². The summed E-state index contributed by atoms with van der Waals surface area (Å²) in [5.41, 5.74) is 0.435. The van der Waals surface area contributed by atoms with Crippen molar-refractivity contribution in [3.63, 3.8) is 0 Å². The Hall–Kier alpha value is -1.95. The lowest BCUT2D eigenvalue weighted by atomic mass is 10.2. The molecular formula is C11H12FN3O2. The maximum absolute atomic E-state index is 13.9. The second kappa shape index (κ2) is 4.92. The van der Waals surface area contributed by atoms with Crippen LogP contribution in [0.3, 0.4) is 0 Å². The maximum Gasteiger partial charge on any atom is 0.170 e. The third-order valence-corrected chi connectivity index (χ3v) is 2.42. The van der Waals surface area contributed by atoms with Crippen molar-refractivity contribution in [1.29, 1.82) is 0 Å². The van der Waals surface area contributed by atoms with Gasteiger partial charge in [-0.05, 0) is 6.07 Å². The maximum atomic E-state index is 13.9. The van der Waals surface area contributed by atoms with Crippen molar-refractivity contribution in [2.45, 2.75) is 13.2 Å². The summed E-state index contributed by atoms with van der Waals surface area (Å²) in [5, 5.41) is 12.9. The Bertz CT molecular complexity index is 513. The van der Waals surface area contributed by atoms with E-state index in [2.05, 4.69) is 10.1 Å². The lowest BCUT2D eigenvalue weighted by Crippen LogP contribution is -2.08. The summed E-state index contributed by atoms with van der Waals surface area (Å²) in [6, 6.07) is 4.89. The van der Waals surface area contributed by atoms with Gasteiger partial charge in [0.15, 0.2) is 17.4 Å². The van der Waals surface area contributed by atoms with Gasteiger partial charge in [-0.25, -0.2) is 14.1 Å². The number of ether oxygens (including phenoxy) is 1. The summed E-state index contributed by atoms with van der Waals surface area (Å²) in [6.45, 7) is -0.0233. The highest BCUT2D eigenvalue weighted by Crippen LogP contribution is 2.20. The van der Waals surface area contributed by atoms with E-state index in [1.807, 2.05) is 0 Å². The third-order valence-electron chi connectivity index (χ3n) is 2.42. The van der Waals surface area contributed by atoms with Crippen molar-refractivity contribution >= 4 is 0 Å². The van der Waals surface area contributed by atoms with E-state index in [-0.39, 0.29) is 18.9 Å². The molecule has 0 aliphatic heterocycles. The topological polar surface area (TPSA) is 60.2 Å². The largest absolute Gasteiger partial charge is 0.494 e. The highest BCUT2D eigenvalue weighted by molar-refractivity contribution is 5.31. The Labute approximate surface area is 97.5 Å². The molecule has 5 nitrogen and oxygen atoms in total. The van der Waals surface area contributed by atoms with Crippen LogP contribution in [0.5, 0.6) is 5.75 Å². The number of rotatable bonds is 4. The minimum absolute atomic E-state index is 0.188. The van der Waals surface area contributed by atoms with Crippen LogP contribution in [0.4, 0.5) is 4.39 Å². The number of aromatic nitrogens is 3. The molecule has 1 N–H and O–H groups in total. The molecule has 0 spiro atoms. The second-order valence-electron chi connectivity index (χ2n) is 3.43. The molecule has 1 aromatic heterocycles. The summed E-state index contributed by atoms with van der Waals surface area (Å²) in [6.07, 6.45) is 1.32. The number of methoxy groups -OCH3 is 1. The summed E-state index contributed by atoms with van der Waals surface area (Å²) in [5.74, 6) is 0.162. The molecule has 0 amide bonds. The molecule has 90 valence electrons. The molecule has 17 heavy (non-hydrogen) atoms. The Morgan fingerprint density at radius 2 is 2.29 bits per heavy atom. The van der Waals surface area contributed by atoms with Crippen LogP contribution in [0.25, 0.3) is 0 Å². The number of benzene rings is 1. The molecule has 0 unspecified atom stereocenters. The fraction of sp³-hybridized carbons (Fsp3) is 0.273. The van der Waals surface area contributed by atoms with Gasteiger partial charge < -0.3 is 9.84 Å². The van der Waals surface area contributed by atoms with E-state index in [0.29, 0.717) is 11.4 Å². The van der Waals surface area contributed by atoms with Crippen molar-refractivity contribution in [2.75, 3.05) is 7.11 Å². The van der Waals surface area contributed by atoms with Crippen LogP contribution in [0, 0.1) is 5.82 Å². The number of aliphatic hydroxyl groups is 1. The zero-order valence-corrected chi connectivity index (χ0v) is 9.30. The molecule has 2 aromatic rings. The zero-order valence-electron chi connectivity index (χ0n) is 9.30. The lowest BCUT2D eigenvalue weighted by molar-refractivity contribution is 0.263. The first-order valence-electron chi connectivity index (χ1n) is 5.05. The molecule has 0 bridgehead atoms. The van der Waals surface area contributed by atoms with Gasteiger partial charge in [-0.3, -0.25) is 0 Å². The van der Waals surface area contributed by atoms with Gasteiger partial charge in [0.1, 0.15) is 12.9 Å². The van der Waals surface area contributed by atoms with Crippen molar-refractivity contribution in [2.24, 2.45) is 0 Å². The summed E-state index contributed by atoms with van der Waals surface area (Å²) >= 11 is 0. The Morgan fingerprint density at radius 3 is 3.00 bits per heavy atom. The first-order valence-corrected chi connectivity index (χ1v) is 5.05. The Morgan fingerprint density at radius 1 is 1.47 bits per heavy atom. The first kappa shape index (κ1) is 11.5. The van der Waals surface area contributed by atoms with Crippen molar-refractivity contribution < 1.29 is 14.2 Å². The fourth-order valence-electron chi connectivity index (χ4n) is 1.54. The molecule has 0 aliphatic carbocycles. The molecule has 0 fully saturated rings. The number of hydrogen-bond acceptors (Lipinski definition) is 4. The predicted molar refractivity (Wildman–Crippen MR) is 58.0 cm³/mol. The van der Waals surface area contributed by atoms with E-state index in [1.54, 1.807) is 18.2 Å². The van der Waals surface area contributed by atoms with E-state index in [0.717, 1.165) is 0 Å². The van der Waals surface area contributed by atoms with Crippen LogP contribution in [-0.2, 0) is 13.2 Å². The fourth-order valence-corrected chi connectivity index (χ4v) is 1.54. The molecule has 1 aromatic carbocycles. The molecule has 0 radical (unpaired) electrons. The molecule has 1 heterocycles. The molecule has 2 rings (SSSR count). The Balaban J connectivity index is 2.30. The van der Waals surface area contributed by atoms with E-state index in [9.17, 15) is 4.39 Å². The summed E-state index contributed by atoms with van der Waals surface area (Å²) in [7, 11) is 1.41. The van der Waals surface area contributed by atoms with Crippen LogP contribution >= 0.6 is 0 Å². The average Bonchev–Trinajstić information content (AvgIpc) is 2.79. The van der Waals surface area contributed by atoms with E-state index < -0.39 is 5.82 Å². The molecule has 0 saturated carbocycles. The minimum Gasteiger partial charge on any atom is -0.494 e. The molecule has 0 aliphatic rings. The van der Waals surface area contributed by atoms with Crippen molar-refractivity contribution in [1.82, 2.24) is 14.8 Å². The van der Waals surface area contributed by atoms with Crippen molar-refractivity contribution in [3.8, 4) is 5.75 Å². The molecule has 6 heteroatoms. The van der Waals surface area contributed by atoms with E-state index in [1.165, 1.54) is 18.1 Å². The monoisotopic (exact) mass is 237 g/mol. The summed E-state index contributed by atoms with van der Waals surface area (Å²) in [4.78, 5) is 3.85. The number of nitrogens with zero attached hydrogens (tertiary/aromatic N) is 3. The minimum atomic E-state index is -0.422. The lowest BCUT2D eigenvalue weighted by Gasteiger charge is -2.08. The third kappa shape index (κ3) is 2.26. The second-order valence-corrected chi connectivity index (χ2v) is 3.43. The first-order chi connectivity index (χ1) is 8.26. The molecule has 0 saturated heterocycles. The van der Waals surface area contributed by atoms with Gasteiger partial charge in [-0.2, -0.15) is 5.10 Å². The highest BCUT2D eigenvalue weighted by Gasteiger charge is 2.11. The van der Waals surface area contributed by atoms with Crippen LogP contribution < -0.4 is 4.74 Å². The van der Waals surface area contributed by atoms with Crippen LogP contribution in [-0.4, -0.2) is 27.0 Å². The zero-order chi connectivity index (χ0) is 12.3. The smallest absolute Gasteiger partial charge is 0.170 e. The van der Waals surface area contributed by atoms with Crippen molar-refractivity contribution in [3.05, 3.63) is 41.7 Å². The van der Waals surface area contributed by atoms with E-state index in [4.69, 9.17) is 9.84 Å². The summed E-state index contributed by atoms with van der Waals surface area (Å²) < 4.78 is 20.2. The normalized spacial score (nSPS) is 10.5. The highest BCUT2D eigenvalue weighted by atomic mass is 19.1. The van der Waals surface area contributed by atoms with Gasteiger partial charge in [0, 0.05) is 5.56 Å². The van der Waals surface area contributed by atoms with Gasteiger partial charge in [0.2, 0.25) is 0 Å². The molecular weight excluding hydrogens is 225 g/mol. The number of halogens is 1. The molecule has 0 atom stereocenters.